The predicted molar refractivity (Wildman–Crippen MR) is 112 cm³/mol. The topological polar surface area (TPSA) is 3.24 Å². The molecule has 0 aliphatic heterocycles. The second-order valence-corrected chi connectivity index (χ2v) is 7.05. The molecule has 0 aromatic heterocycles. The van der Waals surface area contributed by atoms with Crippen LogP contribution in [-0.4, -0.2) is 4.90 Å². The first-order chi connectivity index (χ1) is 12.6. The van der Waals surface area contributed by atoms with Crippen LogP contribution in [0.25, 0.3) is 5.57 Å². The molecule has 0 radical (unpaired) electrons. The van der Waals surface area contributed by atoms with Crippen molar-refractivity contribution in [3.63, 3.8) is 0 Å². The Hall–Kier alpha value is -2.80. The number of nitrogens with zero attached hydrogens (tertiary/aromatic N) is 1. The second-order valence-electron chi connectivity index (χ2n) is 7.05. The Morgan fingerprint density at radius 2 is 1.15 bits per heavy atom. The highest BCUT2D eigenvalue weighted by atomic mass is 15.1. The fourth-order valence-corrected chi connectivity index (χ4v) is 3.05. The van der Waals surface area contributed by atoms with Gasteiger partial charge in [-0.3, -0.25) is 0 Å². The zero-order chi connectivity index (χ0) is 18.4. The van der Waals surface area contributed by atoms with Crippen molar-refractivity contribution in [2.75, 3.05) is 0 Å². The molecule has 0 aliphatic rings. The normalized spacial score (nSPS) is 11.4. The van der Waals surface area contributed by atoms with Crippen LogP contribution < -0.4 is 0 Å². The van der Waals surface area contributed by atoms with E-state index in [0.29, 0.717) is 0 Å². The zero-order valence-corrected chi connectivity index (χ0v) is 15.9. The molecule has 3 rings (SSSR count). The van der Waals surface area contributed by atoms with Gasteiger partial charge in [-0.25, -0.2) is 0 Å². The van der Waals surface area contributed by atoms with Gasteiger partial charge in [0.15, 0.2) is 0 Å². The SMILES string of the molecule is C/C(=C\N(Cc1ccc(C)cc1)Cc1ccc(C)cc1)c1ccccc1. The van der Waals surface area contributed by atoms with Gasteiger partial charge in [0.2, 0.25) is 0 Å². The summed E-state index contributed by atoms with van der Waals surface area (Å²) in [4.78, 5) is 2.40. The average molecular weight is 341 g/mol. The fourth-order valence-electron chi connectivity index (χ4n) is 3.05. The van der Waals surface area contributed by atoms with E-state index in [2.05, 4.69) is 111 Å². The Bertz CT molecular complexity index is 795. The molecular formula is C25H27N. The second kappa shape index (κ2) is 8.53. The van der Waals surface area contributed by atoms with Gasteiger partial charge >= 0.3 is 0 Å². The van der Waals surface area contributed by atoms with Crippen LogP contribution in [0.4, 0.5) is 0 Å². The number of hydrogen-bond acceptors (Lipinski definition) is 1. The first kappa shape index (κ1) is 18.0. The molecule has 3 aromatic carbocycles. The number of rotatable bonds is 6. The van der Waals surface area contributed by atoms with E-state index in [1.54, 1.807) is 0 Å². The molecule has 0 aliphatic carbocycles. The van der Waals surface area contributed by atoms with E-state index in [1.807, 2.05) is 0 Å². The molecule has 3 aromatic rings. The van der Waals surface area contributed by atoms with E-state index in [-0.39, 0.29) is 0 Å². The van der Waals surface area contributed by atoms with Gasteiger partial charge in [-0.05, 0) is 43.0 Å². The summed E-state index contributed by atoms with van der Waals surface area (Å²) < 4.78 is 0. The summed E-state index contributed by atoms with van der Waals surface area (Å²) in [5.74, 6) is 0. The Kier molecular flexibility index (Phi) is 5.91. The molecule has 0 unspecified atom stereocenters. The van der Waals surface area contributed by atoms with Gasteiger partial charge < -0.3 is 4.90 Å². The minimum Gasteiger partial charge on any atom is -0.369 e. The standard InChI is InChI=1S/C25H27N/c1-20-9-13-23(14-10-20)18-26(19-24-15-11-21(2)12-16-24)17-22(3)25-7-5-4-6-8-25/h4-17H,18-19H2,1-3H3/b22-17+. The first-order valence-corrected chi connectivity index (χ1v) is 9.19. The number of allylic oxidation sites excluding steroid dienone is 1. The molecular weight excluding hydrogens is 314 g/mol. The Labute approximate surface area is 157 Å². The summed E-state index contributed by atoms with van der Waals surface area (Å²) in [6, 6.07) is 28.2. The quantitative estimate of drug-likeness (QED) is 0.504. The molecule has 0 heterocycles. The van der Waals surface area contributed by atoms with Crippen molar-refractivity contribution in [3.8, 4) is 0 Å². The highest BCUT2D eigenvalue weighted by molar-refractivity contribution is 5.63. The van der Waals surface area contributed by atoms with E-state index in [9.17, 15) is 0 Å². The Morgan fingerprint density at radius 1 is 0.692 bits per heavy atom. The smallest absolute Gasteiger partial charge is 0.0427 e. The van der Waals surface area contributed by atoms with Crippen LogP contribution in [0.15, 0.2) is 85.1 Å². The third kappa shape index (κ3) is 5.10. The maximum Gasteiger partial charge on any atom is 0.0427 e. The lowest BCUT2D eigenvalue weighted by atomic mass is 10.1. The maximum atomic E-state index is 2.40. The largest absolute Gasteiger partial charge is 0.369 e. The van der Waals surface area contributed by atoms with Crippen LogP contribution in [0, 0.1) is 13.8 Å². The predicted octanol–water partition coefficient (Wildman–Crippen LogP) is 6.37. The van der Waals surface area contributed by atoms with E-state index in [0.717, 1.165) is 13.1 Å². The van der Waals surface area contributed by atoms with Crippen molar-refractivity contribution >= 4 is 5.57 Å². The molecule has 0 N–H and O–H groups in total. The van der Waals surface area contributed by atoms with E-state index in [4.69, 9.17) is 0 Å². The van der Waals surface area contributed by atoms with Crippen LogP contribution in [0.5, 0.6) is 0 Å². The van der Waals surface area contributed by atoms with Gasteiger partial charge in [-0.2, -0.15) is 0 Å². The summed E-state index contributed by atoms with van der Waals surface area (Å²) >= 11 is 0. The van der Waals surface area contributed by atoms with Crippen LogP contribution in [0.2, 0.25) is 0 Å². The number of benzene rings is 3. The molecule has 0 bridgehead atoms. The summed E-state index contributed by atoms with van der Waals surface area (Å²) in [6.45, 7) is 8.25. The summed E-state index contributed by atoms with van der Waals surface area (Å²) in [5.41, 5.74) is 7.82. The van der Waals surface area contributed by atoms with Gasteiger partial charge in [0.25, 0.3) is 0 Å². The number of hydrogen-bond donors (Lipinski definition) is 0. The van der Waals surface area contributed by atoms with Crippen LogP contribution in [-0.2, 0) is 13.1 Å². The summed E-state index contributed by atoms with van der Waals surface area (Å²) in [5, 5.41) is 0. The molecule has 132 valence electrons. The molecule has 0 atom stereocenters. The van der Waals surface area contributed by atoms with Crippen molar-refractivity contribution in [1.29, 1.82) is 0 Å². The van der Waals surface area contributed by atoms with E-state index < -0.39 is 0 Å². The van der Waals surface area contributed by atoms with Gasteiger partial charge in [0.1, 0.15) is 0 Å². The molecule has 0 saturated heterocycles. The van der Waals surface area contributed by atoms with E-state index >= 15 is 0 Å². The third-order valence-electron chi connectivity index (χ3n) is 4.62. The molecule has 0 amide bonds. The molecule has 0 saturated carbocycles. The maximum absolute atomic E-state index is 2.40. The van der Waals surface area contributed by atoms with Crippen molar-refractivity contribution in [1.82, 2.24) is 4.90 Å². The molecule has 1 heteroatoms. The van der Waals surface area contributed by atoms with Gasteiger partial charge in [-0.1, -0.05) is 90.0 Å². The lowest BCUT2D eigenvalue weighted by molar-refractivity contribution is 0.363. The highest BCUT2D eigenvalue weighted by Gasteiger charge is 2.06. The Balaban J connectivity index is 1.84. The first-order valence-electron chi connectivity index (χ1n) is 9.19. The lowest BCUT2D eigenvalue weighted by Crippen LogP contribution is -2.17. The monoisotopic (exact) mass is 341 g/mol. The average Bonchev–Trinajstić information content (AvgIpc) is 2.66. The molecule has 1 nitrogen and oxygen atoms in total. The van der Waals surface area contributed by atoms with Crippen molar-refractivity contribution < 1.29 is 0 Å². The van der Waals surface area contributed by atoms with Gasteiger partial charge in [0, 0.05) is 19.3 Å². The molecule has 0 fully saturated rings. The van der Waals surface area contributed by atoms with Gasteiger partial charge in [0.05, 0.1) is 0 Å². The Morgan fingerprint density at radius 3 is 1.62 bits per heavy atom. The van der Waals surface area contributed by atoms with Crippen LogP contribution >= 0.6 is 0 Å². The minimum atomic E-state index is 0.901. The summed E-state index contributed by atoms with van der Waals surface area (Å²) in [7, 11) is 0. The van der Waals surface area contributed by atoms with Crippen molar-refractivity contribution in [3.05, 3.63) is 113 Å². The van der Waals surface area contributed by atoms with Crippen LogP contribution in [0.1, 0.15) is 34.7 Å². The molecule has 26 heavy (non-hydrogen) atoms. The van der Waals surface area contributed by atoms with Gasteiger partial charge in [-0.15, -0.1) is 0 Å². The third-order valence-corrected chi connectivity index (χ3v) is 4.62. The molecule has 0 spiro atoms. The lowest BCUT2D eigenvalue weighted by Gasteiger charge is -2.22. The minimum absolute atomic E-state index is 0.901. The summed E-state index contributed by atoms with van der Waals surface area (Å²) in [6.07, 6.45) is 2.29. The van der Waals surface area contributed by atoms with Crippen LogP contribution in [0.3, 0.4) is 0 Å². The van der Waals surface area contributed by atoms with Crippen molar-refractivity contribution in [2.45, 2.75) is 33.9 Å². The highest BCUT2D eigenvalue weighted by Crippen LogP contribution is 2.18. The van der Waals surface area contributed by atoms with E-state index in [1.165, 1.54) is 33.4 Å². The van der Waals surface area contributed by atoms with Crippen molar-refractivity contribution in [2.24, 2.45) is 0 Å². The fraction of sp³-hybridized carbons (Fsp3) is 0.200. The zero-order valence-electron chi connectivity index (χ0n) is 15.9. The number of aryl methyl sites for hydroxylation is 2.